The van der Waals surface area contributed by atoms with Crippen molar-refractivity contribution in [3.63, 3.8) is 0 Å². The zero-order chi connectivity index (χ0) is 16.1. The highest BCUT2D eigenvalue weighted by Crippen LogP contribution is 2.19. The topological polar surface area (TPSA) is 61.0 Å². The fourth-order valence-corrected chi connectivity index (χ4v) is 3.82. The molecule has 0 atom stereocenters. The van der Waals surface area contributed by atoms with Gasteiger partial charge in [0.1, 0.15) is 5.82 Å². The van der Waals surface area contributed by atoms with Gasteiger partial charge in [-0.25, -0.2) is 9.98 Å². The second kappa shape index (κ2) is 7.88. The first-order valence-electron chi connectivity index (χ1n) is 8.24. The molecule has 2 aliphatic heterocycles. The smallest absolute Gasteiger partial charge is 0.191 e. The molecule has 2 fully saturated rings. The molecule has 7 heteroatoms. The maximum absolute atomic E-state index is 6.17. The lowest BCUT2D eigenvalue weighted by Crippen LogP contribution is -2.45. The van der Waals surface area contributed by atoms with Gasteiger partial charge in [0.15, 0.2) is 5.96 Å². The highest BCUT2D eigenvalue weighted by molar-refractivity contribution is 7.99. The van der Waals surface area contributed by atoms with E-state index in [0.29, 0.717) is 12.5 Å². The predicted molar refractivity (Wildman–Crippen MR) is 98.2 cm³/mol. The van der Waals surface area contributed by atoms with Crippen molar-refractivity contribution in [1.82, 2.24) is 14.8 Å². The van der Waals surface area contributed by atoms with E-state index >= 15 is 0 Å². The summed E-state index contributed by atoms with van der Waals surface area (Å²) in [6, 6.07) is 4.10. The minimum absolute atomic E-state index is 0.602. The molecule has 0 saturated carbocycles. The number of hydrogen-bond acceptors (Lipinski definition) is 5. The van der Waals surface area contributed by atoms with E-state index in [9.17, 15) is 0 Å². The van der Waals surface area contributed by atoms with Gasteiger partial charge in [-0.3, -0.25) is 0 Å². The third-order valence-electron chi connectivity index (χ3n) is 4.42. The van der Waals surface area contributed by atoms with Crippen molar-refractivity contribution >= 4 is 23.5 Å². The van der Waals surface area contributed by atoms with Crippen LogP contribution in [0.5, 0.6) is 0 Å². The van der Waals surface area contributed by atoms with E-state index in [0.717, 1.165) is 62.2 Å². The summed E-state index contributed by atoms with van der Waals surface area (Å²) in [7, 11) is 2.17. The lowest BCUT2D eigenvalue weighted by Gasteiger charge is -2.34. The average molecular weight is 334 g/mol. The summed E-state index contributed by atoms with van der Waals surface area (Å²) in [5, 5.41) is 0. The van der Waals surface area contributed by atoms with Crippen molar-refractivity contribution < 1.29 is 0 Å². The number of guanidine groups is 1. The van der Waals surface area contributed by atoms with E-state index in [-0.39, 0.29) is 0 Å². The van der Waals surface area contributed by atoms with E-state index in [1.54, 1.807) is 0 Å². The summed E-state index contributed by atoms with van der Waals surface area (Å²) < 4.78 is 0. The van der Waals surface area contributed by atoms with Gasteiger partial charge >= 0.3 is 0 Å². The van der Waals surface area contributed by atoms with Crippen molar-refractivity contribution in [3.8, 4) is 0 Å². The van der Waals surface area contributed by atoms with Crippen molar-refractivity contribution in [2.24, 2.45) is 10.7 Å². The Morgan fingerprint density at radius 1 is 1.22 bits per heavy atom. The SMILES string of the molecule is CN1CCN(c2ncccc2CN=C(N)N2CCSCC2)CC1. The standard InChI is InChI=1S/C16H26N6S/c1-20-5-7-21(8-6-20)15-14(3-2-4-18-15)13-19-16(17)22-9-11-23-12-10-22/h2-4H,5-13H2,1H3,(H2,17,19). The molecule has 2 aliphatic rings. The quantitative estimate of drug-likeness (QED) is 0.648. The molecule has 0 spiro atoms. The predicted octanol–water partition coefficient (Wildman–Crippen LogP) is 0.697. The Kier molecular flexibility index (Phi) is 5.61. The number of rotatable bonds is 3. The van der Waals surface area contributed by atoms with Gasteiger partial charge in [-0.15, -0.1) is 0 Å². The Morgan fingerprint density at radius 2 is 1.96 bits per heavy atom. The number of aliphatic imine (C=N–C) groups is 1. The largest absolute Gasteiger partial charge is 0.370 e. The van der Waals surface area contributed by atoms with Crippen LogP contribution in [-0.4, -0.2) is 78.6 Å². The summed E-state index contributed by atoms with van der Waals surface area (Å²) >= 11 is 1.98. The lowest BCUT2D eigenvalue weighted by atomic mass is 10.2. The Labute approximate surface area is 142 Å². The first-order valence-corrected chi connectivity index (χ1v) is 9.39. The number of nitrogens with zero attached hydrogens (tertiary/aromatic N) is 5. The summed E-state index contributed by atoms with van der Waals surface area (Å²) in [6.07, 6.45) is 1.87. The van der Waals surface area contributed by atoms with Gasteiger partial charge in [0, 0.05) is 62.5 Å². The van der Waals surface area contributed by atoms with Crippen molar-refractivity contribution in [3.05, 3.63) is 23.9 Å². The fraction of sp³-hybridized carbons (Fsp3) is 0.625. The molecular weight excluding hydrogens is 308 g/mol. The Bertz CT molecular complexity index is 535. The number of anilines is 1. The molecule has 3 rings (SSSR count). The second-order valence-corrected chi connectivity index (χ2v) is 7.28. The van der Waals surface area contributed by atoms with Crippen LogP contribution in [0, 0.1) is 0 Å². The van der Waals surface area contributed by atoms with Crippen LogP contribution >= 0.6 is 11.8 Å². The first-order chi connectivity index (χ1) is 11.2. The van der Waals surface area contributed by atoms with E-state index < -0.39 is 0 Å². The number of piperazine rings is 1. The molecule has 0 radical (unpaired) electrons. The van der Waals surface area contributed by atoms with Gasteiger partial charge in [-0.1, -0.05) is 6.07 Å². The Hall–Kier alpha value is -1.47. The molecule has 0 bridgehead atoms. The van der Waals surface area contributed by atoms with E-state index in [4.69, 9.17) is 5.73 Å². The van der Waals surface area contributed by atoms with Crippen LogP contribution in [-0.2, 0) is 6.54 Å². The lowest BCUT2D eigenvalue weighted by molar-refractivity contribution is 0.312. The number of nitrogens with two attached hydrogens (primary N) is 1. The van der Waals surface area contributed by atoms with Gasteiger partial charge in [-0.2, -0.15) is 11.8 Å². The summed E-state index contributed by atoms with van der Waals surface area (Å²) in [6.45, 7) is 6.79. The van der Waals surface area contributed by atoms with Crippen molar-refractivity contribution in [1.29, 1.82) is 0 Å². The number of aromatic nitrogens is 1. The van der Waals surface area contributed by atoms with E-state index in [2.05, 4.69) is 37.8 Å². The Morgan fingerprint density at radius 3 is 2.70 bits per heavy atom. The van der Waals surface area contributed by atoms with Gasteiger partial charge in [-0.05, 0) is 13.1 Å². The van der Waals surface area contributed by atoms with E-state index in [1.165, 1.54) is 0 Å². The maximum atomic E-state index is 6.17. The number of hydrogen-bond donors (Lipinski definition) is 1. The van der Waals surface area contributed by atoms with Gasteiger partial charge in [0.05, 0.1) is 6.54 Å². The number of likely N-dealkylation sites (N-methyl/N-ethyl adjacent to an activating group) is 1. The highest BCUT2D eigenvalue weighted by atomic mass is 32.2. The molecule has 6 nitrogen and oxygen atoms in total. The first kappa shape index (κ1) is 16.4. The van der Waals surface area contributed by atoms with Crippen LogP contribution in [0.2, 0.25) is 0 Å². The molecule has 2 saturated heterocycles. The van der Waals surface area contributed by atoms with Crippen LogP contribution in [0.3, 0.4) is 0 Å². The third kappa shape index (κ3) is 4.29. The minimum atomic E-state index is 0.602. The third-order valence-corrected chi connectivity index (χ3v) is 5.36. The van der Waals surface area contributed by atoms with Gasteiger partial charge in [0.2, 0.25) is 0 Å². The fourth-order valence-electron chi connectivity index (χ4n) is 2.92. The molecule has 0 amide bonds. The van der Waals surface area contributed by atoms with Crippen LogP contribution in [0.25, 0.3) is 0 Å². The van der Waals surface area contributed by atoms with Crippen LogP contribution in [0.15, 0.2) is 23.3 Å². The normalized spacial score (nSPS) is 20.8. The molecule has 1 aromatic rings. The Balaban J connectivity index is 1.68. The highest BCUT2D eigenvalue weighted by Gasteiger charge is 2.18. The van der Waals surface area contributed by atoms with Gasteiger partial charge in [0.25, 0.3) is 0 Å². The molecule has 0 unspecified atom stereocenters. The summed E-state index contributed by atoms with van der Waals surface area (Å²) in [4.78, 5) is 16.1. The van der Waals surface area contributed by atoms with Crippen LogP contribution < -0.4 is 10.6 Å². The maximum Gasteiger partial charge on any atom is 0.191 e. The second-order valence-electron chi connectivity index (χ2n) is 6.05. The number of pyridine rings is 1. The molecule has 23 heavy (non-hydrogen) atoms. The molecular formula is C16H26N6S. The van der Waals surface area contributed by atoms with Crippen molar-refractivity contribution in [2.45, 2.75) is 6.54 Å². The average Bonchev–Trinajstić information content (AvgIpc) is 2.61. The minimum Gasteiger partial charge on any atom is -0.370 e. The molecule has 0 aliphatic carbocycles. The van der Waals surface area contributed by atoms with Crippen LogP contribution in [0.1, 0.15) is 5.56 Å². The monoisotopic (exact) mass is 334 g/mol. The zero-order valence-electron chi connectivity index (χ0n) is 13.8. The number of thioether (sulfide) groups is 1. The molecule has 126 valence electrons. The zero-order valence-corrected chi connectivity index (χ0v) is 14.6. The van der Waals surface area contributed by atoms with Crippen LogP contribution in [0.4, 0.5) is 5.82 Å². The molecule has 3 heterocycles. The molecule has 2 N–H and O–H groups in total. The van der Waals surface area contributed by atoms with Gasteiger partial charge < -0.3 is 20.4 Å². The summed E-state index contributed by atoms with van der Waals surface area (Å²) in [5.74, 6) is 4.00. The molecule has 1 aromatic heterocycles. The summed E-state index contributed by atoms with van der Waals surface area (Å²) in [5.41, 5.74) is 7.33. The van der Waals surface area contributed by atoms with Crippen molar-refractivity contribution in [2.75, 3.05) is 62.7 Å². The molecule has 0 aromatic carbocycles. The van der Waals surface area contributed by atoms with E-state index in [1.807, 2.05) is 24.0 Å².